The minimum absolute atomic E-state index is 0.0934. The van der Waals surface area contributed by atoms with Crippen molar-refractivity contribution in [1.29, 1.82) is 0 Å². The molecule has 0 spiro atoms. The van der Waals surface area contributed by atoms with E-state index in [9.17, 15) is 4.79 Å². The number of carbonyl (C=O) groups is 1. The van der Waals surface area contributed by atoms with Crippen molar-refractivity contribution in [1.82, 2.24) is 0 Å². The fourth-order valence-corrected chi connectivity index (χ4v) is 2.48. The van der Waals surface area contributed by atoms with Crippen LogP contribution in [0.5, 0.6) is 0 Å². The summed E-state index contributed by atoms with van der Waals surface area (Å²) in [5, 5.41) is 3.45. The van der Waals surface area contributed by atoms with E-state index in [2.05, 4.69) is 30.4 Å². The van der Waals surface area contributed by atoms with Gasteiger partial charge in [-0.05, 0) is 31.9 Å². The highest BCUT2D eigenvalue weighted by Gasteiger charge is 2.28. The molecular weight excluding hydrogens is 214 g/mol. The van der Waals surface area contributed by atoms with Crippen molar-refractivity contribution in [2.24, 2.45) is 0 Å². The Morgan fingerprint density at radius 3 is 2.94 bits per heavy atom. The monoisotopic (exact) mass is 233 g/mol. The SMILES string of the molecule is CCOC(=O)CCC1c2ccccc2NC1C. The molecule has 3 nitrogen and oxygen atoms in total. The van der Waals surface area contributed by atoms with E-state index in [4.69, 9.17) is 4.74 Å². The van der Waals surface area contributed by atoms with Crippen LogP contribution in [0.4, 0.5) is 5.69 Å². The number of rotatable bonds is 4. The molecule has 0 amide bonds. The van der Waals surface area contributed by atoms with E-state index < -0.39 is 0 Å². The van der Waals surface area contributed by atoms with Gasteiger partial charge in [0.25, 0.3) is 0 Å². The highest BCUT2D eigenvalue weighted by Crippen LogP contribution is 2.38. The number of para-hydroxylation sites is 1. The van der Waals surface area contributed by atoms with Crippen LogP contribution in [0.3, 0.4) is 0 Å². The van der Waals surface area contributed by atoms with Gasteiger partial charge in [-0.2, -0.15) is 0 Å². The van der Waals surface area contributed by atoms with Crippen molar-refractivity contribution in [3.05, 3.63) is 29.8 Å². The van der Waals surface area contributed by atoms with E-state index in [1.54, 1.807) is 0 Å². The van der Waals surface area contributed by atoms with Crippen molar-refractivity contribution >= 4 is 11.7 Å². The number of hydrogen-bond acceptors (Lipinski definition) is 3. The second-order valence-electron chi connectivity index (χ2n) is 4.47. The van der Waals surface area contributed by atoms with Gasteiger partial charge in [-0.15, -0.1) is 0 Å². The van der Waals surface area contributed by atoms with Gasteiger partial charge in [0.15, 0.2) is 0 Å². The summed E-state index contributed by atoms with van der Waals surface area (Å²) in [4.78, 5) is 11.4. The average Bonchev–Trinajstić information content (AvgIpc) is 2.62. The second kappa shape index (κ2) is 5.21. The van der Waals surface area contributed by atoms with Crippen LogP contribution in [0.2, 0.25) is 0 Å². The molecule has 1 heterocycles. The van der Waals surface area contributed by atoms with E-state index in [1.165, 1.54) is 11.3 Å². The molecular formula is C14H19NO2. The van der Waals surface area contributed by atoms with Crippen LogP contribution in [0.1, 0.15) is 38.2 Å². The van der Waals surface area contributed by atoms with Gasteiger partial charge < -0.3 is 10.1 Å². The Morgan fingerprint density at radius 1 is 1.41 bits per heavy atom. The standard InChI is InChI=1S/C14H19NO2/c1-3-17-14(16)9-8-11-10(2)15-13-7-5-4-6-12(11)13/h4-7,10-11,15H,3,8-9H2,1-2H3. The molecule has 0 aliphatic carbocycles. The van der Waals surface area contributed by atoms with Crippen LogP contribution in [0.15, 0.2) is 24.3 Å². The quantitative estimate of drug-likeness (QED) is 0.813. The third-order valence-corrected chi connectivity index (χ3v) is 3.31. The molecule has 2 rings (SSSR count). The molecule has 1 N–H and O–H groups in total. The summed E-state index contributed by atoms with van der Waals surface area (Å²) in [6.07, 6.45) is 1.35. The predicted octanol–water partition coefficient (Wildman–Crippen LogP) is 2.93. The van der Waals surface area contributed by atoms with Crippen molar-refractivity contribution in [3.63, 3.8) is 0 Å². The lowest BCUT2D eigenvalue weighted by Crippen LogP contribution is -2.17. The number of fused-ring (bicyclic) bond motifs is 1. The molecule has 0 saturated carbocycles. The number of benzene rings is 1. The molecule has 0 aromatic heterocycles. The summed E-state index contributed by atoms with van der Waals surface area (Å²) in [7, 11) is 0. The first-order chi connectivity index (χ1) is 8.22. The lowest BCUT2D eigenvalue weighted by atomic mass is 9.91. The van der Waals surface area contributed by atoms with Crippen LogP contribution in [0.25, 0.3) is 0 Å². The molecule has 1 aromatic rings. The average molecular weight is 233 g/mol. The third-order valence-electron chi connectivity index (χ3n) is 3.31. The largest absolute Gasteiger partial charge is 0.466 e. The van der Waals surface area contributed by atoms with Crippen molar-refractivity contribution < 1.29 is 9.53 Å². The third kappa shape index (κ3) is 2.60. The zero-order chi connectivity index (χ0) is 12.3. The zero-order valence-corrected chi connectivity index (χ0v) is 10.4. The van der Waals surface area contributed by atoms with Gasteiger partial charge in [-0.3, -0.25) is 4.79 Å². The summed E-state index contributed by atoms with van der Waals surface area (Å²) in [6.45, 7) is 4.47. The van der Waals surface area contributed by atoms with Gasteiger partial charge in [0, 0.05) is 24.1 Å². The van der Waals surface area contributed by atoms with Crippen LogP contribution >= 0.6 is 0 Å². The van der Waals surface area contributed by atoms with Crippen molar-refractivity contribution in [2.75, 3.05) is 11.9 Å². The Labute approximate surface area is 102 Å². The van der Waals surface area contributed by atoms with E-state index in [-0.39, 0.29) is 5.97 Å². The van der Waals surface area contributed by atoms with Gasteiger partial charge in [0.2, 0.25) is 0 Å². The minimum Gasteiger partial charge on any atom is -0.466 e. The smallest absolute Gasteiger partial charge is 0.305 e. The summed E-state index contributed by atoms with van der Waals surface area (Å²) in [5.74, 6) is 0.319. The van der Waals surface area contributed by atoms with E-state index >= 15 is 0 Å². The summed E-state index contributed by atoms with van der Waals surface area (Å²) >= 11 is 0. The Bertz CT molecular complexity index is 403. The number of hydrogen-bond donors (Lipinski definition) is 1. The Kier molecular flexibility index (Phi) is 3.67. The minimum atomic E-state index is -0.0934. The predicted molar refractivity (Wildman–Crippen MR) is 68.1 cm³/mol. The maximum Gasteiger partial charge on any atom is 0.305 e. The summed E-state index contributed by atoms with van der Waals surface area (Å²) in [6, 6.07) is 8.71. The Morgan fingerprint density at radius 2 is 2.18 bits per heavy atom. The molecule has 0 fully saturated rings. The molecule has 1 aromatic carbocycles. The van der Waals surface area contributed by atoms with E-state index in [1.807, 2.05) is 13.0 Å². The molecule has 2 atom stereocenters. The normalized spacial score (nSPS) is 21.8. The number of esters is 1. The Hall–Kier alpha value is -1.51. The van der Waals surface area contributed by atoms with Gasteiger partial charge in [0.05, 0.1) is 6.61 Å². The van der Waals surface area contributed by atoms with E-state index in [0.717, 1.165) is 6.42 Å². The van der Waals surface area contributed by atoms with Crippen molar-refractivity contribution in [3.8, 4) is 0 Å². The molecule has 17 heavy (non-hydrogen) atoms. The van der Waals surface area contributed by atoms with Gasteiger partial charge >= 0.3 is 5.97 Å². The first-order valence-electron chi connectivity index (χ1n) is 6.23. The molecule has 92 valence electrons. The van der Waals surface area contributed by atoms with Crippen LogP contribution in [0, 0.1) is 0 Å². The van der Waals surface area contributed by atoms with Crippen LogP contribution < -0.4 is 5.32 Å². The second-order valence-corrected chi connectivity index (χ2v) is 4.47. The fraction of sp³-hybridized carbons (Fsp3) is 0.500. The molecule has 1 aliphatic rings. The number of nitrogens with one attached hydrogen (secondary N) is 1. The molecule has 3 heteroatoms. The number of anilines is 1. The highest BCUT2D eigenvalue weighted by molar-refractivity contribution is 5.69. The molecule has 0 bridgehead atoms. The zero-order valence-electron chi connectivity index (χ0n) is 10.4. The van der Waals surface area contributed by atoms with Gasteiger partial charge in [-0.1, -0.05) is 18.2 Å². The van der Waals surface area contributed by atoms with E-state index in [0.29, 0.717) is 25.0 Å². The first kappa shape index (κ1) is 12.0. The lowest BCUT2D eigenvalue weighted by Gasteiger charge is -2.15. The Balaban J connectivity index is 1.99. The lowest BCUT2D eigenvalue weighted by molar-refractivity contribution is -0.143. The highest BCUT2D eigenvalue weighted by atomic mass is 16.5. The molecule has 1 aliphatic heterocycles. The van der Waals surface area contributed by atoms with Gasteiger partial charge in [-0.25, -0.2) is 0 Å². The molecule has 0 saturated heterocycles. The molecule has 0 radical (unpaired) electrons. The van der Waals surface area contributed by atoms with Crippen molar-refractivity contribution in [2.45, 2.75) is 38.6 Å². The number of ether oxygens (including phenoxy) is 1. The summed E-state index contributed by atoms with van der Waals surface area (Å²) < 4.78 is 4.97. The first-order valence-corrected chi connectivity index (χ1v) is 6.23. The number of carbonyl (C=O) groups excluding carboxylic acids is 1. The maximum absolute atomic E-state index is 11.4. The van der Waals surface area contributed by atoms with Gasteiger partial charge in [0.1, 0.15) is 0 Å². The van der Waals surface area contributed by atoms with Crippen LogP contribution in [-0.2, 0) is 9.53 Å². The summed E-state index contributed by atoms with van der Waals surface area (Å²) in [5.41, 5.74) is 2.53. The fourth-order valence-electron chi connectivity index (χ4n) is 2.48. The topological polar surface area (TPSA) is 38.3 Å². The van der Waals surface area contributed by atoms with Crippen LogP contribution in [-0.4, -0.2) is 18.6 Å². The maximum atomic E-state index is 11.4. The molecule has 2 unspecified atom stereocenters.